The van der Waals surface area contributed by atoms with Crippen LogP contribution in [0.4, 0.5) is 10.5 Å². The van der Waals surface area contributed by atoms with Gasteiger partial charge in [0.2, 0.25) is 0 Å². The van der Waals surface area contributed by atoms with Crippen molar-refractivity contribution in [1.82, 2.24) is 25.1 Å². The maximum absolute atomic E-state index is 11.8. The highest BCUT2D eigenvalue weighted by atomic mass is 16.2. The first-order chi connectivity index (χ1) is 9.81. The quantitative estimate of drug-likeness (QED) is 0.789. The summed E-state index contributed by atoms with van der Waals surface area (Å²) in [4.78, 5) is 19.9. The third-order valence-electron chi connectivity index (χ3n) is 2.74. The van der Waals surface area contributed by atoms with Gasteiger partial charge in [0.05, 0.1) is 5.69 Å². The van der Waals surface area contributed by atoms with Gasteiger partial charge in [0.25, 0.3) is 0 Å². The molecule has 106 valence electrons. The normalized spacial score (nSPS) is 10.2. The van der Waals surface area contributed by atoms with Gasteiger partial charge >= 0.3 is 6.03 Å². The maximum atomic E-state index is 11.8. The van der Waals surface area contributed by atoms with Crippen molar-refractivity contribution in [2.45, 2.75) is 26.2 Å². The Labute approximate surface area is 117 Å². The van der Waals surface area contributed by atoms with Crippen molar-refractivity contribution in [2.75, 3.05) is 11.9 Å². The Morgan fingerprint density at radius 2 is 2.30 bits per heavy atom. The summed E-state index contributed by atoms with van der Waals surface area (Å²) in [6.45, 7) is 2.79. The number of carbonyl (C=O) groups excluding carboxylic acids is 1. The van der Waals surface area contributed by atoms with Crippen molar-refractivity contribution in [3.8, 4) is 5.82 Å². The van der Waals surface area contributed by atoms with Crippen LogP contribution < -0.4 is 10.6 Å². The molecule has 2 aromatic heterocycles. The van der Waals surface area contributed by atoms with Crippen LogP contribution in [0.5, 0.6) is 0 Å². The summed E-state index contributed by atoms with van der Waals surface area (Å²) in [6, 6.07) is 3.29. The van der Waals surface area contributed by atoms with Crippen LogP contribution in [0.2, 0.25) is 0 Å². The largest absolute Gasteiger partial charge is 0.338 e. The van der Waals surface area contributed by atoms with Gasteiger partial charge in [-0.15, -0.1) is 0 Å². The van der Waals surface area contributed by atoms with E-state index in [1.165, 1.54) is 17.3 Å². The molecular formula is C13H18N6O. The van der Waals surface area contributed by atoms with E-state index in [9.17, 15) is 4.79 Å². The molecule has 0 saturated heterocycles. The van der Waals surface area contributed by atoms with Crippen molar-refractivity contribution >= 4 is 11.7 Å². The fraction of sp³-hybridized carbons (Fsp3) is 0.385. The van der Waals surface area contributed by atoms with Crippen LogP contribution in [-0.2, 0) is 0 Å². The first kappa shape index (κ1) is 14.0. The Bertz CT molecular complexity index is 540. The topological polar surface area (TPSA) is 84.7 Å². The molecule has 0 unspecified atom stereocenters. The second-order valence-corrected chi connectivity index (χ2v) is 4.30. The molecule has 2 amide bonds. The molecule has 2 rings (SSSR count). The molecule has 0 saturated carbocycles. The Morgan fingerprint density at radius 3 is 3.05 bits per heavy atom. The smallest absolute Gasteiger partial charge is 0.319 e. The number of hydrogen-bond acceptors (Lipinski definition) is 4. The van der Waals surface area contributed by atoms with Gasteiger partial charge in [-0.25, -0.2) is 19.4 Å². The third kappa shape index (κ3) is 3.78. The van der Waals surface area contributed by atoms with E-state index in [-0.39, 0.29) is 6.03 Å². The highest BCUT2D eigenvalue weighted by molar-refractivity contribution is 5.90. The number of rotatable bonds is 6. The van der Waals surface area contributed by atoms with Crippen LogP contribution in [0.15, 0.2) is 31.0 Å². The molecular weight excluding hydrogens is 256 g/mol. The highest BCUT2D eigenvalue weighted by Crippen LogP contribution is 2.15. The van der Waals surface area contributed by atoms with Gasteiger partial charge in [0.15, 0.2) is 5.82 Å². The van der Waals surface area contributed by atoms with Crippen molar-refractivity contribution in [3.05, 3.63) is 31.0 Å². The van der Waals surface area contributed by atoms with E-state index in [0.29, 0.717) is 18.1 Å². The van der Waals surface area contributed by atoms with Gasteiger partial charge in [-0.3, -0.25) is 0 Å². The second kappa shape index (κ2) is 7.22. The van der Waals surface area contributed by atoms with E-state index in [4.69, 9.17) is 0 Å². The minimum atomic E-state index is -0.240. The number of hydrogen-bond donors (Lipinski definition) is 2. The second-order valence-electron chi connectivity index (χ2n) is 4.30. The van der Waals surface area contributed by atoms with E-state index in [1.807, 2.05) is 0 Å². The summed E-state index contributed by atoms with van der Waals surface area (Å²) in [5.74, 6) is 0.536. The summed E-state index contributed by atoms with van der Waals surface area (Å²) in [5, 5.41) is 9.60. The van der Waals surface area contributed by atoms with Gasteiger partial charge in [-0.1, -0.05) is 19.8 Å². The first-order valence-electron chi connectivity index (χ1n) is 6.66. The molecule has 0 spiro atoms. The average molecular weight is 274 g/mol. The van der Waals surface area contributed by atoms with Gasteiger partial charge in [0, 0.05) is 12.7 Å². The number of nitrogens with zero attached hydrogens (tertiary/aromatic N) is 4. The predicted molar refractivity (Wildman–Crippen MR) is 75.7 cm³/mol. The molecule has 7 nitrogen and oxygen atoms in total. The SMILES string of the molecule is CCCCCNC(=O)Nc1cccnc1-n1cncn1. The first-order valence-corrected chi connectivity index (χ1v) is 6.66. The maximum Gasteiger partial charge on any atom is 0.319 e. The Balaban J connectivity index is 1.97. The number of pyridine rings is 1. The van der Waals surface area contributed by atoms with Crippen molar-refractivity contribution < 1.29 is 4.79 Å². The molecule has 20 heavy (non-hydrogen) atoms. The predicted octanol–water partition coefficient (Wildman–Crippen LogP) is 1.97. The zero-order valence-corrected chi connectivity index (χ0v) is 11.4. The van der Waals surface area contributed by atoms with Gasteiger partial charge in [-0.2, -0.15) is 5.10 Å². The van der Waals surface area contributed by atoms with E-state index < -0.39 is 0 Å². The van der Waals surface area contributed by atoms with Crippen LogP contribution >= 0.6 is 0 Å². The molecule has 7 heteroatoms. The van der Waals surface area contributed by atoms with E-state index in [0.717, 1.165) is 19.3 Å². The lowest BCUT2D eigenvalue weighted by molar-refractivity contribution is 0.252. The minimum Gasteiger partial charge on any atom is -0.338 e. The number of urea groups is 1. The zero-order valence-electron chi connectivity index (χ0n) is 11.4. The Morgan fingerprint density at radius 1 is 1.40 bits per heavy atom. The lowest BCUT2D eigenvalue weighted by Gasteiger charge is -2.10. The molecule has 2 heterocycles. The van der Waals surface area contributed by atoms with E-state index in [1.54, 1.807) is 18.3 Å². The third-order valence-corrected chi connectivity index (χ3v) is 2.74. The van der Waals surface area contributed by atoms with E-state index in [2.05, 4.69) is 32.6 Å². The number of anilines is 1. The number of amides is 2. The average Bonchev–Trinajstić information content (AvgIpc) is 2.98. The molecule has 2 N–H and O–H groups in total. The highest BCUT2D eigenvalue weighted by Gasteiger charge is 2.09. The molecule has 0 aromatic carbocycles. The van der Waals surface area contributed by atoms with Crippen molar-refractivity contribution in [3.63, 3.8) is 0 Å². The zero-order chi connectivity index (χ0) is 14.2. The number of aromatic nitrogens is 4. The van der Waals surface area contributed by atoms with Crippen LogP contribution in [-0.4, -0.2) is 32.3 Å². The Hall–Kier alpha value is -2.44. The van der Waals surface area contributed by atoms with Crippen LogP contribution in [0.3, 0.4) is 0 Å². The molecule has 0 radical (unpaired) electrons. The van der Waals surface area contributed by atoms with Gasteiger partial charge < -0.3 is 10.6 Å². The fourth-order valence-corrected chi connectivity index (χ4v) is 1.74. The van der Waals surface area contributed by atoms with Crippen molar-refractivity contribution in [1.29, 1.82) is 0 Å². The van der Waals surface area contributed by atoms with Crippen LogP contribution in [0.25, 0.3) is 5.82 Å². The number of unbranched alkanes of at least 4 members (excludes halogenated alkanes) is 2. The van der Waals surface area contributed by atoms with Crippen LogP contribution in [0.1, 0.15) is 26.2 Å². The van der Waals surface area contributed by atoms with Crippen molar-refractivity contribution in [2.24, 2.45) is 0 Å². The summed E-state index contributed by atoms with van der Waals surface area (Å²) in [7, 11) is 0. The van der Waals surface area contributed by atoms with Gasteiger partial charge in [-0.05, 0) is 18.6 Å². The lowest BCUT2D eigenvalue weighted by Crippen LogP contribution is -2.30. The summed E-state index contributed by atoms with van der Waals surface area (Å²) >= 11 is 0. The van der Waals surface area contributed by atoms with Crippen LogP contribution in [0, 0.1) is 0 Å². The minimum absolute atomic E-state index is 0.240. The Kier molecular flexibility index (Phi) is 5.05. The molecule has 0 atom stereocenters. The fourth-order valence-electron chi connectivity index (χ4n) is 1.74. The molecule has 0 aliphatic rings. The summed E-state index contributed by atoms with van der Waals surface area (Å²) in [5.41, 5.74) is 0.589. The molecule has 2 aromatic rings. The molecule has 0 bridgehead atoms. The number of carbonyl (C=O) groups is 1. The summed E-state index contributed by atoms with van der Waals surface area (Å²) in [6.07, 6.45) is 7.81. The van der Waals surface area contributed by atoms with E-state index >= 15 is 0 Å². The monoisotopic (exact) mass is 274 g/mol. The van der Waals surface area contributed by atoms with Gasteiger partial charge in [0.1, 0.15) is 12.7 Å². The summed E-state index contributed by atoms with van der Waals surface area (Å²) < 4.78 is 1.51. The number of nitrogens with one attached hydrogen (secondary N) is 2. The molecule has 0 aliphatic heterocycles. The molecule has 0 aliphatic carbocycles. The standard InChI is InChI=1S/C13H18N6O/c1-2-3-4-7-16-13(20)18-11-6-5-8-15-12(11)19-10-14-9-17-19/h5-6,8-10H,2-4,7H2,1H3,(H2,16,18,20). The molecule has 0 fully saturated rings. The lowest BCUT2D eigenvalue weighted by atomic mass is 10.2.